The summed E-state index contributed by atoms with van der Waals surface area (Å²) in [6.45, 7) is 8.15. The van der Waals surface area contributed by atoms with Gasteiger partial charge in [-0.2, -0.15) is 0 Å². The van der Waals surface area contributed by atoms with Crippen LogP contribution in [0.3, 0.4) is 0 Å². The standard InChI is InChI=1S/C50H74N4/c1-36-16-12-22-42(32-36)48(31-30-45-37(2)17-13-18-38(45)3)53-54(4)35-39-19-14-25-44(33-39)52-50-29-11-9-27-47(50)41-21-15-20-40(34-41)46-26-8-10-28-49(46)51-43-23-6-5-7-24-43/h5-7,12-13,17,21-23,31-34,36-38,43-47,49-53H,8-11,14-16,18-20,24-30,35H2,1-4H3/b48-31-. The number of nitrogens with one attached hydrogen (secondary N) is 3. The van der Waals surface area contributed by atoms with Gasteiger partial charge >= 0.3 is 0 Å². The summed E-state index contributed by atoms with van der Waals surface area (Å²) >= 11 is 0. The summed E-state index contributed by atoms with van der Waals surface area (Å²) in [7, 11) is 2.25. The third-order valence-electron chi connectivity index (χ3n) is 14.2. The van der Waals surface area contributed by atoms with Crippen LogP contribution in [0.1, 0.15) is 130 Å². The highest BCUT2D eigenvalue weighted by molar-refractivity contribution is 5.41. The van der Waals surface area contributed by atoms with Gasteiger partial charge in [0.2, 0.25) is 0 Å². The molecule has 0 aliphatic heterocycles. The van der Waals surface area contributed by atoms with Crippen LogP contribution >= 0.6 is 0 Å². The highest BCUT2D eigenvalue weighted by Crippen LogP contribution is 2.40. The Morgan fingerprint density at radius 3 is 2.37 bits per heavy atom. The molecule has 4 heteroatoms. The number of likely N-dealkylation sites (N-methyl/N-ethyl adjacent to an activating group) is 1. The van der Waals surface area contributed by atoms with Crippen molar-refractivity contribution in [2.75, 3.05) is 13.6 Å². The summed E-state index contributed by atoms with van der Waals surface area (Å²) in [6.07, 6.45) is 53.3. The van der Waals surface area contributed by atoms with Gasteiger partial charge in [0.15, 0.2) is 0 Å². The first-order valence-corrected chi connectivity index (χ1v) is 22.6. The number of hydrazine groups is 1. The Hall–Kier alpha value is -2.66. The Kier molecular flexibility index (Phi) is 14.3. The molecule has 0 amide bonds. The van der Waals surface area contributed by atoms with Crippen LogP contribution in [0, 0.1) is 35.5 Å². The van der Waals surface area contributed by atoms with Crippen LogP contribution in [0.4, 0.5) is 0 Å². The van der Waals surface area contributed by atoms with Crippen molar-refractivity contribution in [2.45, 2.75) is 154 Å². The molecule has 0 aromatic carbocycles. The van der Waals surface area contributed by atoms with E-state index in [9.17, 15) is 0 Å². The van der Waals surface area contributed by atoms with Crippen LogP contribution in [0.5, 0.6) is 0 Å². The molecule has 10 unspecified atom stereocenters. The average Bonchev–Trinajstić information content (AvgIpc) is 3.18. The van der Waals surface area contributed by atoms with E-state index >= 15 is 0 Å². The molecule has 7 aliphatic carbocycles. The Balaban J connectivity index is 0.988. The van der Waals surface area contributed by atoms with Crippen molar-refractivity contribution in [1.82, 2.24) is 21.1 Å². The zero-order valence-electron chi connectivity index (χ0n) is 34.5. The molecule has 0 saturated heterocycles. The lowest BCUT2D eigenvalue weighted by Crippen LogP contribution is -2.46. The van der Waals surface area contributed by atoms with E-state index in [4.69, 9.17) is 0 Å². The van der Waals surface area contributed by atoms with Gasteiger partial charge in [-0.1, -0.05) is 137 Å². The molecule has 10 atom stereocenters. The van der Waals surface area contributed by atoms with E-state index in [2.05, 4.69) is 128 Å². The summed E-state index contributed by atoms with van der Waals surface area (Å²) in [5.74, 6) is 4.01. The van der Waals surface area contributed by atoms with Crippen LogP contribution < -0.4 is 16.1 Å². The zero-order valence-corrected chi connectivity index (χ0v) is 34.5. The number of allylic oxidation sites excluding steroid dienone is 10. The van der Waals surface area contributed by atoms with Gasteiger partial charge in [0, 0.05) is 37.8 Å². The smallest absolute Gasteiger partial charge is 0.0519 e. The van der Waals surface area contributed by atoms with E-state index in [1.165, 1.54) is 101 Å². The predicted octanol–water partition coefficient (Wildman–Crippen LogP) is 11.4. The maximum Gasteiger partial charge on any atom is 0.0519 e. The van der Waals surface area contributed by atoms with Gasteiger partial charge in [0.25, 0.3) is 0 Å². The molecule has 294 valence electrons. The van der Waals surface area contributed by atoms with E-state index in [1.807, 2.05) is 0 Å². The van der Waals surface area contributed by atoms with Crippen molar-refractivity contribution in [3.63, 3.8) is 0 Å². The van der Waals surface area contributed by atoms with E-state index in [0.717, 1.165) is 31.7 Å². The topological polar surface area (TPSA) is 39.3 Å². The van der Waals surface area contributed by atoms with Crippen molar-refractivity contribution in [3.8, 4) is 0 Å². The fourth-order valence-corrected chi connectivity index (χ4v) is 11.2. The highest BCUT2D eigenvalue weighted by Gasteiger charge is 2.34. The first-order chi connectivity index (χ1) is 26.4. The quantitative estimate of drug-likeness (QED) is 0.130. The molecule has 0 radical (unpaired) electrons. The largest absolute Gasteiger partial charge is 0.319 e. The molecule has 7 aliphatic rings. The second-order valence-electron chi connectivity index (χ2n) is 18.5. The summed E-state index contributed by atoms with van der Waals surface area (Å²) in [4.78, 5) is 0. The summed E-state index contributed by atoms with van der Waals surface area (Å²) in [5.41, 5.74) is 11.5. The fraction of sp³-hybridized carbons (Fsp3) is 0.640. The Morgan fingerprint density at radius 2 is 1.57 bits per heavy atom. The first kappa shape index (κ1) is 39.6. The summed E-state index contributed by atoms with van der Waals surface area (Å²) in [6, 6.07) is 2.18. The molecule has 7 rings (SSSR count). The predicted molar refractivity (Wildman–Crippen MR) is 231 cm³/mol. The third kappa shape index (κ3) is 10.6. The number of rotatable bonds is 13. The van der Waals surface area contributed by atoms with Gasteiger partial charge in [-0.3, -0.25) is 0 Å². The maximum atomic E-state index is 4.28. The SMILES string of the molecule is CC1C=C(/C(=C/CC2C(C)C=CCC2C)NN(C)CC2=CC(NC3CCCCC3C3=CCCC(C4CCCCC4NC4C=CC=CC4)=C3)CCC2)C=CC1. The van der Waals surface area contributed by atoms with Gasteiger partial charge in [-0.05, 0) is 130 Å². The highest BCUT2D eigenvalue weighted by atomic mass is 15.5. The molecule has 4 nitrogen and oxygen atoms in total. The first-order valence-electron chi connectivity index (χ1n) is 22.6. The van der Waals surface area contributed by atoms with E-state index in [0.29, 0.717) is 53.8 Å². The molecule has 0 bridgehead atoms. The minimum Gasteiger partial charge on any atom is -0.319 e. The fourth-order valence-electron chi connectivity index (χ4n) is 11.2. The monoisotopic (exact) mass is 731 g/mol. The molecule has 2 fully saturated rings. The number of hydrogen-bond acceptors (Lipinski definition) is 4. The van der Waals surface area contributed by atoms with Crippen LogP contribution in [0.25, 0.3) is 0 Å². The number of hydrogen-bond donors (Lipinski definition) is 3. The zero-order chi connectivity index (χ0) is 37.3. The van der Waals surface area contributed by atoms with Crippen LogP contribution in [-0.2, 0) is 0 Å². The molecule has 0 aromatic rings. The van der Waals surface area contributed by atoms with Crippen LogP contribution in [0.15, 0.2) is 107 Å². The van der Waals surface area contributed by atoms with E-state index in [-0.39, 0.29) is 0 Å². The van der Waals surface area contributed by atoms with Crippen molar-refractivity contribution in [1.29, 1.82) is 0 Å². The van der Waals surface area contributed by atoms with E-state index < -0.39 is 0 Å². The minimum atomic E-state index is 0.479. The van der Waals surface area contributed by atoms with Crippen molar-refractivity contribution in [2.24, 2.45) is 35.5 Å². The number of nitrogens with zero attached hydrogens (tertiary/aromatic N) is 1. The van der Waals surface area contributed by atoms with Gasteiger partial charge in [-0.15, -0.1) is 0 Å². The Labute approximate surface area is 330 Å². The Bertz CT molecular complexity index is 1530. The molecular weight excluding hydrogens is 657 g/mol. The average molecular weight is 731 g/mol. The molecule has 54 heavy (non-hydrogen) atoms. The van der Waals surface area contributed by atoms with Crippen molar-refractivity contribution in [3.05, 3.63) is 107 Å². The normalized spacial score (nSPS) is 36.1. The lowest BCUT2D eigenvalue weighted by molar-refractivity contribution is 0.264. The van der Waals surface area contributed by atoms with Crippen molar-refractivity contribution < 1.29 is 0 Å². The van der Waals surface area contributed by atoms with Crippen LogP contribution in [0.2, 0.25) is 0 Å². The lowest BCUT2D eigenvalue weighted by Gasteiger charge is -2.40. The molecule has 3 N–H and O–H groups in total. The van der Waals surface area contributed by atoms with E-state index in [1.54, 1.807) is 16.7 Å². The lowest BCUT2D eigenvalue weighted by atomic mass is 9.72. The molecule has 0 aromatic heterocycles. The van der Waals surface area contributed by atoms with Crippen LogP contribution in [-0.4, -0.2) is 42.8 Å². The van der Waals surface area contributed by atoms with Gasteiger partial charge in [-0.25, -0.2) is 5.01 Å². The molecular formula is C50H74N4. The van der Waals surface area contributed by atoms with Gasteiger partial charge in [0.1, 0.15) is 0 Å². The maximum absolute atomic E-state index is 4.28. The summed E-state index contributed by atoms with van der Waals surface area (Å²) in [5, 5.41) is 10.7. The van der Waals surface area contributed by atoms with Gasteiger partial charge < -0.3 is 16.1 Å². The molecule has 0 heterocycles. The third-order valence-corrected chi connectivity index (χ3v) is 14.2. The van der Waals surface area contributed by atoms with Gasteiger partial charge in [0.05, 0.1) is 5.70 Å². The van der Waals surface area contributed by atoms with Crippen molar-refractivity contribution >= 4 is 0 Å². The summed E-state index contributed by atoms with van der Waals surface area (Å²) < 4.78 is 0. The minimum absolute atomic E-state index is 0.479. The molecule has 2 saturated carbocycles. The second kappa shape index (κ2) is 19.5. The second-order valence-corrected chi connectivity index (χ2v) is 18.5. The molecule has 0 spiro atoms. The Morgan fingerprint density at radius 1 is 0.778 bits per heavy atom.